The minimum absolute atomic E-state index is 0.0747. The third-order valence-corrected chi connectivity index (χ3v) is 2.81. The number of amides is 1. The second kappa shape index (κ2) is 4.28. The summed E-state index contributed by atoms with van der Waals surface area (Å²) in [4.78, 5) is 13.9. The van der Waals surface area contributed by atoms with Crippen molar-refractivity contribution in [3.8, 4) is 0 Å². The predicted octanol–water partition coefficient (Wildman–Crippen LogP) is -0.0143. The average molecular weight is 198 g/mol. The van der Waals surface area contributed by atoms with Gasteiger partial charge in [-0.25, -0.2) is 0 Å². The zero-order valence-electron chi connectivity index (χ0n) is 8.66. The molecule has 2 aliphatic rings. The van der Waals surface area contributed by atoms with E-state index in [1.54, 1.807) is 0 Å². The molecule has 0 spiro atoms. The Morgan fingerprint density at radius 2 is 2.36 bits per heavy atom. The monoisotopic (exact) mass is 198 g/mol. The SMILES string of the molecule is CCN1CCOC(C(=O)NC2CC2)C1. The Kier molecular flexibility index (Phi) is 3.03. The lowest BCUT2D eigenvalue weighted by atomic mass is 10.2. The summed E-state index contributed by atoms with van der Waals surface area (Å²) in [6.07, 6.45) is 2.02. The molecule has 1 N–H and O–H groups in total. The van der Waals surface area contributed by atoms with Gasteiger partial charge in [0.25, 0.3) is 5.91 Å². The topological polar surface area (TPSA) is 41.6 Å². The number of nitrogens with zero attached hydrogens (tertiary/aromatic N) is 1. The lowest BCUT2D eigenvalue weighted by molar-refractivity contribution is -0.138. The van der Waals surface area contributed by atoms with E-state index in [4.69, 9.17) is 4.74 Å². The van der Waals surface area contributed by atoms with Crippen LogP contribution in [0.15, 0.2) is 0 Å². The van der Waals surface area contributed by atoms with Crippen LogP contribution in [-0.2, 0) is 9.53 Å². The molecule has 1 aliphatic heterocycles. The van der Waals surface area contributed by atoms with Gasteiger partial charge in [0.2, 0.25) is 0 Å². The van der Waals surface area contributed by atoms with Gasteiger partial charge in [-0.15, -0.1) is 0 Å². The van der Waals surface area contributed by atoms with Crippen LogP contribution in [0.3, 0.4) is 0 Å². The first-order valence-electron chi connectivity index (χ1n) is 5.44. The fourth-order valence-corrected chi connectivity index (χ4v) is 1.67. The molecule has 4 heteroatoms. The van der Waals surface area contributed by atoms with E-state index in [9.17, 15) is 4.79 Å². The van der Waals surface area contributed by atoms with Crippen molar-refractivity contribution in [1.29, 1.82) is 0 Å². The average Bonchev–Trinajstić information content (AvgIpc) is 3.02. The molecule has 0 aromatic heterocycles. The lowest BCUT2D eigenvalue weighted by Gasteiger charge is -2.31. The predicted molar refractivity (Wildman–Crippen MR) is 53.0 cm³/mol. The van der Waals surface area contributed by atoms with Gasteiger partial charge in [-0.3, -0.25) is 9.69 Å². The highest BCUT2D eigenvalue weighted by molar-refractivity contribution is 5.81. The summed E-state index contributed by atoms with van der Waals surface area (Å²) >= 11 is 0. The highest BCUT2D eigenvalue weighted by Gasteiger charge is 2.30. The fraction of sp³-hybridized carbons (Fsp3) is 0.900. The van der Waals surface area contributed by atoms with Crippen LogP contribution >= 0.6 is 0 Å². The summed E-state index contributed by atoms with van der Waals surface area (Å²) in [6, 6.07) is 0.433. The van der Waals surface area contributed by atoms with Gasteiger partial charge in [0.05, 0.1) is 6.61 Å². The maximum Gasteiger partial charge on any atom is 0.250 e. The van der Waals surface area contributed by atoms with Gasteiger partial charge in [-0.1, -0.05) is 6.92 Å². The van der Waals surface area contributed by atoms with Gasteiger partial charge in [0, 0.05) is 19.1 Å². The van der Waals surface area contributed by atoms with Crippen LogP contribution in [0.25, 0.3) is 0 Å². The molecule has 0 aromatic rings. The summed E-state index contributed by atoms with van der Waals surface area (Å²) in [5.74, 6) is 0.0747. The van der Waals surface area contributed by atoms with Gasteiger partial charge in [-0.2, -0.15) is 0 Å². The van der Waals surface area contributed by atoms with Gasteiger partial charge in [0.1, 0.15) is 6.10 Å². The quantitative estimate of drug-likeness (QED) is 0.693. The van der Waals surface area contributed by atoms with Crippen molar-refractivity contribution < 1.29 is 9.53 Å². The number of hydrogen-bond acceptors (Lipinski definition) is 3. The fourth-order valence-electron chi connectivity index (χ4n) is 1.67. The molecular weight excluding hydrogens is 180 g/mol. The number of carbonyl (C=O) groups excluding carboxylic acids is 1. The van der Waals surface area contributed by atoms with Crippen molar-refractivity contribution in [3.63, 3.8) is 0 Å². The number of rotatable bonds is 3. The van der Waals surface area contributed by atoms with Gasteiger partial charge >= 0.3 is 0 Å². The summed E-state index contributed by atoms with van der Waals surface area (Å²) < 4.78 is 5.45. The summed E-state index contributed by atoms with van der Waals surface area (Å²) in [7, 11) is 0. The molecular formula is C10H18N2O2. The van der Waals surface area contributed by atoms with Crippen LogP contribution in [0.2, 0.25) is 0 Å². The normalized spacial score (nSPS) is 28.8. The second-order valence-electron chi connectivity index (χ2n) is 4.04. The van der Waals surface area contributed by atoms with Crippen LogP contribution in [-0.4, -0.2) is 49.2 Å². The molecule has 1 amide bonds. The van der Waals surface area contributed by atoms with Crippen LogP contribution in [0.4, 0.5) is 0 Å². The van der Waals surface area contributed by atoms with Crippen LogP contribution in [0.1, 0.15) is 19.8 Å². The Morgan fingerprint density at radius 3 is 3.00 bits per heavy atom. The van der Waals surface area contributed by atoms with Crippen molar-refractivity contribution >= 4 is 5.91 Å². The van der Waals surface area contributed by atoms with E-state index in [2.05, 4.69) is 17.1 Å². The molecule has 0 bridgehead atoms. The van der Waals surface area contributed by atoms with E-state index < -0.39 is 0 Å². The van der Waals surface area contributed by atoms with E-state index in [-0.39, 0.29) is 12.0 Å². The minimum Gasteiger partial charge on any atom is -0.366 e. The van der Waals surface area contributed by atoms with Crippen molar-refractivity contribution in [2.45, 2.75) is 31.9 Å². The molecule has 1 heterocycles. The molecule has 2 rings (SSSR count). The molecule has 1 aliphatic carbocycles. The minimum atomic E-state index is -0.246. The molecule has 1 saturated heterocycles. The van der Waals surface area contributed by atoms with Crippen molar-refractivity contribution in [3.05, 3.63) is 0 Å². The Hall–Kier alpha value is -0.610. The van der Waals surface area contributed by atoms with E-state index >= 15 is 0 Å². The van der Waals surface area contributed by atoms with Crippen molar-refractivity contribution in [2.75, 3.05) is 26.2 Å². The van der Waals surface area contributed by atoms with Crippen molar-refractivity contribution in [2.24, 2.45) is 0 Å². The Bertz CT molecular complexity index is 216. The number of ether oxygens (including phenoxy) is 1. The number of carbonyl (C=O) groups is 1. The molecule has 4 nitrogen and oxygen atoms in total. The molecule has 2 fully saturated rings. The van der Waals surface area contributed by atoms with Gasteiger partial charge in [0.15, 0.2) is 0 Å². The first-order valence-corrected chi connectivity index (χ1v) is 5.44. The third-order valence-electron chi connectivity index (χ3n) is 2.81. The highest BCUT2D eigenvalue weighted by Crippen LogP contribution is 2.19. The first-order chi connectivity index (χ1) is 6.79. The van der Waals surface area contributed by atoms with Crippen LogP contribution < -0.4 is 5.32 Å². The molecule has 1 atom stereocenters. The summed E-state index contributed by atoms with van der Waals surface area (Å²) in [5, 5.41) is 2.98. The maximum atomic E-state index is 11.6. The Balaban J connectivity index is 1.79. The number of morpholine rings is 1. The van der Waals surface area contributed by atoms with E-state index in [0.717, 1.165) is 32.5 Å². The number of likely N-dealkylation sites (N-methyl/N-ethyl adjacent to an activating group) is 1. The first kappa shape index (κ1) is 9.93. The third kappa shape index (κ3) is 2.45. The van der Waals surface area contributed by atoms with Crippen LogP contribution in [0.5, 0.6) is 0 Å². The Labute approximate surface area is 84.6 Å². The smallest absolute Gasteiger partial charge is 0.250 e. The molecule has 1 unspecified atom stereocenters. The summed E-state index contributed by atoms with van der Waals surface area (Å²) in [6.45, 7) is 5.48. The van der Waals surface area contributed by atoms with E-state index in [1.165, 1.54) is 0 Å². The van der Waals surface area contributed by atoms with E-state index in [0.29, 0.717) is 12.6 Å². The van der Waals surface area contributed by atoms with Gasteiger partial charge in [-0.05, 0) is 19.4 Å². The van der Waals surface area contributed by atoms with Gasteiger partial charge < -0.3 is 10.1 Å². The van der Waals surface area contributed by atoms with Crippen molar-refractivity contribution in [1.82, 2.24) is 10.2 Å². The van der Waals surface area contributed by atoms with Crippen LogP contribution in [0, 0.1) is 0 Å². The lowest BCUT2D eigenvalue weighted by Crippen LogP contribution is -2.50. The largest absolute Gasteiger partial charge is 0.366 e. The molecule has 0 aromatic carbocycles. The zero-order valence-corrected chi connectivity index (χ0v) is 8.66. The number of nitrogens with one attached hydrogen (secondary N) is 1. The standard InChI is InChI=1S/C10H18N2O2/c1-2-12-5-6-14-9(7-12)10(13)11-8-3-4-8/h8-9H,2-7H2,1H3,(H,11,13). The highest BCUT2D eigenvalue weighted by atomic mass is 16.5. The maximum absolute atomic E-state index is 11.6. The Morgan fingerprint density at radius 1 is 1.57 bits per heavy atom. The molecule has 1 saturated carbocycles. The number of hydrogen-bond donors (Lipinski definition) is 1. The summed E-state index contributed by atoms with van der Waals surface area (Å²) in [5.41, 5.74) is 0. The molecule has 0 radical (unpaired) electrons. The zero-order chi connectivity index (χ0) is 9.97. The van der Waals surface area contributed by atoms with E-state index in [1.807, 2.05) is 0 Å². The second-order valence-corrected chi connectivity index (χ2v) is 4.04. The molecule has 14 heavy (non-hydrogen) atoms. The molecule has 80 valence electrons.